The lowest BCUT2D eigenvalue weighted by atomic mass is 10.2. The second-order valence-corrected chi connectivity index (χ2v) is 8.06. The van der Waals surface area contributed by atoms with E-state index in [4.69, 9.17) is 21.1 Å². The lowest BCUT2D eigenvalue weighted by molar-refractivity contribution is 0.0740. The molecule has 8 heteroatoms. The summed E-state index contributed by atoms with van der Waals surface area (Å²) in [6, 6.07) is 21.0. The molecule has 0 unspecified atom stereocenters. The van der Waals surface area contributed by atoms with E-state index in [9.17, 15) is 9.59 Å². The molecule has 1 amide bonds. The highest BCUT2D eigenvalue weighted by atomic mass is 35.5. The number of halogens is 1. The number of rotatable bonds is 6. The van der Waals surface area contributed by atoms with Crippen molar-refractivity contribution >= 4 is 51.1 Å². The third kappa shape index (κ3) is 4.80. The van der Waals surface area contributed by atoms with Gasteiger partial charge in [0.1, 0.15) is 16.4 Å². The van der Waals surface area contributed by atoms with E-state index in [1.807, 2.05) is 24.3 Å². The minimum absolute atomic E-state index is 0.342. The number of amides is 1. The number of carbonyl (C=O) groups excluding carboxylic acids is 2. The number of benzene rings is 3. The number of esters is 1. The molecule has 32 heavy (non-hydrogen) atoms. The van der Waals surface area contributed by atoms with Gasteiger partial charge in [0.25, 0.3) is 5.91 Å². The molecular weight excluding hydrogens is 448 g/mol. The standard InChI is InChI=1S/C24H17ClN2O4S/c1-30-17-11-9-16(10-12-17)23(28)27-26-14-15-5-4-6-18(13-15)31-24(29)22-21(25)19-7-2-3-8-20(19)32-22/h2-14H,1H3,(H,27,28)/b26-14-. The molecule has 0 saturated heterocycles. The first kappa shape index (κ1) is 21.5. The van der Waals surface area contributed by atoms with Crippen molar-refractivity contribution in [3.05, 3.63) is 93.8 Å². The molecule has 0 atom stereocenters. The molecule has 0 bridgehead atoms. The highest BCUT2D eigenvalue weighted by molar-refractivity contribution is 7.21. The summed E-state index contributed by atoms with van der Waals surface area (Å²) in [6.07, 6.45) is 1.46. The average molecular weight is 465 g/mol. The molecule has 1 heterocycles. The molecule has 6 nitrogen and oxygen atoms in total. The molecule has 1 N–H and O–H groups in total. The number of nitrogens with zero attached hydrogens (tertiary/aromatic N) is 1. The lowest BCUT2D eigenvalue weighted by Gasteiger charge is -2.04. The molecule has 3 aromatic carbocycles. The van der Waals surface area contributed by atoms with E-state index in [1.165, 1.54) is 17.6 Å². The molecule has 4 rings (SSSR count). The first-order valence-electron chi connectivity index (χ1n) is 9.52. The summed E-state index contributed by atoms with van der Waals surface area (Å²) >= 11 is 7.64. The maximum absolute atomic E-state index is 12.6. The Bertz CT molecular complexity index is 1320. The molecule has 0 spiro atoms. The molecule has 0 saturated carbocycles. The normalized spacial score (nSPS) is 10.9. The number of carbonyl (C=O) groups is 2. The number of thiophene rings is 1. The van der Waals surface area contributed by atoms with E-state index >= 15 is 0 Å². The van der Waals surface area contributed by atoms with Crippen molar-refractivity contribution in [3.63, 3.8) is 0 Å². The van der Waals surface area contributed by atoms with E-state index < -0.39 is 5.97 Å². The van der Waals surface area contributed by atoms with Gasteiger partial charge in [-0.2, -0.15) is 5.10 Å². The number of hydrogen-bond acceptors (Lipinski definition) is 6. The van der Waals surface area contributed by atoms with Gasteiger partial charge in [-0.3, -0.25) is 4.79 Å². The van der Waals surface area contributed by atoms with Crippen LogP contribution in [0.4, 0.5) is 0 Å². The van der Waals surface area contributed by atoms with Crippen molar-refractivity contribution in [2.45, 2.75) is 0 Å². The minimum Gasteiger partial charge on any atom is -0.497 e. The first-order valence-corrected chi connectivity index (χ1v) is 10.7. The van der Waals surface area contributed by atoms with E-state index in [-0.39, 0.29) is 5.91 Å². The number of hydrogen-bond donors (Lipinski definition) is 1. The zero-order valence-corrected chi connectivity index (χ0v) is 18.4. The van der Waals surface area contributed by atoms with Crippen molar-refractivity contribution in [2.24, 2.45) is 5.10 Å². The maximum Gasteiger partial charge on any atom is 0.355 e. The van der Waals surface area contributed by atoms with Crippen LogP contribution in [-0.2, 0) is 0 Å². The van der Waals surface area contributed by atoms with E-state index in [2.05, 4.69) is 10.5 Å². The number of hydrazone groups is 1. The third-order valence-corrected chi connectivity index (χ3v) is 6.18. The van der Waals surface area contributed by atoms with Gasteiger partial charge in [0.05, 0.1) is 18.3 Å². The maximum atomic E-state index is 12.6. The molecule has 0 aliphatic heterocycles. The predicted molar refractivity (Wildman–Crippen MR) is 126 cm³/mol. The van der Waals surface area contributed by atoms with E-state index in [1.54, 1.807) is 55.6 Å². The van der Waals surface area contributed by atoms with Crippen LogP contribution in [0.5, 0.6) is 11.5 Å². The van der Waals surface area contributed by atoms with Crippen LogP contribution in [0.1, 0.15) is 25.6 Å². The molecule has 0 aliphatic carbocycles. The van der Waals surface area contributed by atoms with Crippen LogP contribution in [0.3, 0.4) is 0 Å². The summed E-state index contributed by atoms with van der Waals surface area (Å²) in [7, 11) is 1.56. The van der Waals surface area contributed by atoms with Gasteiger partial charge >= 0.3 is 5.97 Å². The van der Waals surface area contributed by atoms with E-state index in [0.29, 0.717) is 32.5 Å². The van der Waals surface area contributed by atoms with Crippen LogP contribution in [0.25, 0.3) is 10.1 Å². The van der Waals surface area contributed by atoms with Crippen molar-refractivity contribution < 1.29 is 19.1 Å². The fourth-order valence-electron chi connectivity index (χ4n) is 2.93. The Labute approximate surface area is 193 Å². The Hall–Kier alpha value is -3.68. The van der Waals surface area contributed by atoms with Gasteiger partial charge in [-0.05, 0) is 48.0 Å². The summed E-state index contributed by atoms with van der Waals surface area (Å²) < 4.78 is 11.5. The van der Waals surface area contributed by atoms with Gasteiger partial charge in [-0.1, -0.05) is 41.9 Å². The smallest absolute Gasteiger partial charge is 0.355 e. The Balaban J connectivity index is 1.42. The predicted octanol–water partition coefficient (Wildman–Crippen LogP) is 5.55. The molecule has 160 valence electrons. The van der Waals surface area contributed by atoms with E-state index in [0.717, 1.165) is 10.1 Å². The number of nitrogens with one attached hydrogen (secondary N) is 1. The number of fused-ring (bicyclic) bond motifs is 1. The third-order valence-electron chi connectivity index (χ3n) is 4.52. The number of methoxy groups -OCH3 is 1. The zero-order valence-electron chi connectivity index (χ0n) is 16.9. The van der Waals surface area contributed by atoms with Crippen molar-refractivity contribution in [3.8, 4) is 11.5 Å². The molecule has 0 aliphatic rings. The minimum atomic E-state index is -0.530. The molecular formula is C24H17ClN2O4S. The van der Waals surface area contributed by atoms with Crippen molar-refractivity contribution in [1.82, 2.24) is 5.43 Å². The molecule has 0 fully saturated rings. The topological polar surface area (TPSA) is 77.0 Å². The van der Waals surface area contributed by atoms with Gasteiger partial charge in [0.2, 0.25) is 0 Å². The second kappa shape index (κ2) is 9.64. The summed E-state index contributed by atoms with van der Waals surface area (Å²) in [6.45, 7) is 0. The van der Waals surface area contributed by atoms with Crippen LogP contribution in [0.2, 0.25) is 5.02 Å². The molecule has 1 aromatic heterocycles. The average Bonchev–Trinajstić information content (AvgIpc) is 3.16. The monoisotopic (exact) mass is 464 g/mol. The van der Waals surface area contributed by atoms with Crippen molar-refractivity contribution in [2.75, 3.05) is 7.11 Å². The quantitative estimate of drug-likeness (QED) is 0.176. The van der Waals surface area contributed by atoms with Crippen LogP contribution >= 0.6 is 22.9 Å². The van der Waals surface area contributed by atoms with Crippen LogP contribution in [0.15, 0.2) is 77.9 Å². The highest BCUT2D eigenvalue weighted by Crippen LogP contribution is 2.35. The van der Waals surface area contributed by atoms with Gasteiger partial charge in [0.15, 0.2) is 0 Å². The zero-order chi connectivity index (χ0) is 22.5. The fourth-order valence-corrected chi connectivity index (χ4v) is 4.31. The van der Waals surface area contributed by atoms with Crippen molar-refractivity contribution in [1.29, 1.82) is 0 Å². The Morgan fingerprint density at radius 2 is 1.78 bits per heavy atom. The second-order valence-electron chi connectivity index (χ2n) is 6.63. The first-order chi connectivity index (χ1) is 15.5. The van der Waals surface area contributed by atoms with Crippen LogP contribution in [-0.4, -0.2) is 25.2 Å². The Morgan fingerprint density at radius 3 is 2.53 bits per heavy atom. The Morgan fingerprint density at radius 1 is 1.00 bits per heavy atom. The lowest BCUT2D eigenvalue weighted by Crippen LogP contribution is -2.17. The number of ether oxygens (including phenoxy) is 2. The SMILES string of the molecule is COc1ccc(C(=O)N/N=C\c2cccc(OC(=O)c3sc4ccccc4c3Cl)c2)cc1. The van der Waals surface area contributed by atoms with Gasteiger partial charge in [0, 0.05) is 15.6 Å². The summed E-state index contributed by atoms with van der Waals surface area (Å²) in [5, 5.41) is 5.17. The van der Waals surface area contributed by atoms with Crippen LogP contribution in [0, 0.1) is 0 Å². The fraction of sp³-hybridized carbons (Fsp3) is 0.0417. The Kier molecular flexibility index (Phi) is 6.49. The van der Waals surface area contributed by atoms with Crippen LogP contribution < -0.4 is 14.9 Å². The molecule has 0 radical (unpaired) electrons. The summed E-state index contributed by atoms with van der Waals surface area (Å²) in [5.74, 6) is 0.117. The molecule has 4 aromatic rings. The summed E-state index contributed by atoms with van der Waals surface area (Å²) in [5.41, 5.74) is 3.56. The largest absolute Gasteiger partial charge is 0.497 e. The van der Waals surface area contributed by atoms with Gasteiger partial charge < -0.3 is 9.47 Å². The highest BCUT2D eigenvalue weighted by Gasteiger charge is 2.19. The van der Waals surface area contributed by atoms with Gasteiger partial charge in [-0.15, -0.1) is 11.3 Å². The van der Waals surface area contributed by atoms with Gasteiger partial charge in [-0.25, -0.2) is 10.2 Å². The summed E-state index contributed by atoms with van der Waals surface area (Å²) in [4.78, 5) is 25.1.